The molecule has 0 spiro atoms. The molecule has 1 saturated heterocycles. The summed E-state index contributed by atoms with van der Waals surface area (Å²) in [5.41, 5.74) is 2.45. The molecule has 1 unspecified atom stereocenters. The van der Waals surface area contributed by atoms with Crippen molar-refractivity contribution < 1.29 is 0 Å². The first-order chi connectivity index (χ1) is 14.7. The Balaban J connectivity index is 1.63. The molecule has 30 heavy (non-hydrogen) atoms. The Bertz CT molecular complexity index is 1120. The highest BCUT2D eigenvalue weighted by molar-refractivity contribution is 7.17. The number of imidazole rings is 1. The zero-order valence-corrected chi connectivity index (χ0v) is 18.2. The molecule has 0 bridgehead atoms. The summed E-state index contributed by atoms with van der Waals surface area (Å²) in [6, 6.07) is 11.0. The summed E-state index contributed by atoms with van der Waals surface area (Å²) in [7, 11) is 4.13. The fourth-order valence-electron chi connectivity index (χ4n) is 4.30. The second-order valence-electron chi connectivity index (χ2n) is 8.15. The Labute approximate surface area is 180 Å². The highest BCUT2D eigenvalue weighted by Crippen LogP contribution is 2.40. The Morgan fingerprint density at radius 3 is 2.80 bits per heavy atom. The normalized spacial score (nSPS) is 16.8. The first kappa shape index (κ1) is 19.2. The molecule has 1 aliphatic rings. The summed E-state index contributed by atoms with van der Waals surface area (Å²) in [6.07, 6.45) is 8.15. The van der Waals surface area contributed by atoms with Crippen LogP contribution in [0.1, 0.15) is 18.7 Å². The molecule has 1 atom stereocenters. The number of anilines is 1. The van der Waals surface area contributed by atoms with E-state index < -0.39 is 0 Å². The van der Waals surface area contributed by atoms with Crippen LogP contribution >= 0.6 is 11.3 Å². The zero-order valence-electron chi connectivity index (χ0n) is 17.4. The minimum Gasteiger partial charge on any atom is -0.351 e. The van der Waals surface area contributed by atoms with Crippen LogP contribution in [0.3, 0.4) is 0 Å². The summed E-state index contributed by atoms with van der Waals surface area (Å²) < 4.78 is 2.17. The van der Waals surface area contributed by atoms with Gasteiger partial charge >= 0.3 is 0 Å². The lowest BCUT2D eigenvalue weighted by atomic mass is 10.1. The van der Waals surface area contributed by atoms with Crippen LogP contribution in [0.15, 0.2) is 54.4 Å². The Morgan fingerprint density at radius 1 is 1.17 bits per heavy atom. The third-order valence-electron chi connectivity index (χ3n) is 5.63. The first-order valence-electron chi connectivity index (χ1n) is 10.4. The lowest BCUT2D eigenvalue weighted by molar-refractivity contribution is 0.391. The maximum atomic E-state index is 5.12. The van der Waals surface area contributed by atoms with Gasteiger partial charge in [-0.3, -0.25) is 0 Å². The molecule has 1 aliphatic heterocycles. The number of fused-ring (bicyclic) bond motifs is 1. The summed E-state index contributed by atoms with van der Waals surface area (Å²) >= 11 is 1.72. The van der Waals surface area contributed by atoms with E-state index in [0.29, 0.717) is 6.04 Å². The molecule has 0 N–H and O–H groups in total. The zero-order chi connectivity index (χ0) is 20.5. The minimum absolute atomic E-state index is 0.410. The van der Waals surface area contributed by atoms with Crippen LogP contribution in [-0.4, -0.2) is 51.1 Å². The standard InChI is InChI=1S/C23H26N6S/c1-27(2)14-20-25-22(29-11-6-9-18(29)13-28-12-10-24-16-28)21-19(15-30-23(21)26-20)17-7-4-3-5-8-17/h3-5,7-8,10,12,15-16,18H,6,9,11,13-14H2,1-2H3. The van der Waals surface area contributed by atoms with Gasteiger partial charge in [0, 0.05) is 42.5 Å². The Hall–Kier alpha value is -2.77. The number of nitrogens with zero attached hydrogens (tertiary/aromatic N) is 6. The highest BCUT2D eigenvalue weighted by Gasteiger charge is 2.29. The monoisotopic (exact) mass is 418 g/mol. The van der Waals surface area contributed by atoms with Gasteiger partial charge in [-0.15, -0.1) is 11.3 Å². The summed E-state index contributed by atoms with van der Waals surface area (Å²) in [5, 5.41) is 3.42. The quantitative estimate of drug-likeness (QED) is 0.468. The molecule has 1 aromatic carbocycles. The van der Waals surface area contributed by atoms with E-state index in [1.54, 1.807) is 11.3 Å². The van der Waals surface area contributed by atoms with Crippen LogP contribution < -0.4 is 4.90 Å². The number of aromatic nitrogens is 4. The molecule has 4 aromatic rings. The van der Waals surface area contributed by atoms with Gasteiger partial charge in [0.05, 0.1) is 18.3 Å². The molecule has 3 aromatic heterocycles. The van der Waals surface area contributed by atoms with Crippen LogP contribution in [0.4, 0.5) is 5.82 Å². The number of hydrogen-bond acceptors (Lipinski definition) is 6. The molecule has 7 heteroatoms. The van der Waals surface area contributed by atoms with E-state index in [4.69, 9.17) is 9.97 Å². The maximum Gasteiger partial charge on any atom is 0.146 e. The molecule has 154 valence electrons. The minimum atomic E-state index is 0.410. The fraction of sp³-hybridized carbons (Fsp3) is 0.348. The van der Waals surface area contributed by atoms with Gasteiger partial charge in [0.2, 0.25) is 0 Å². The van der Waals surface area contributed by atoms with Crippen LogP contribution in [-0.2, 0) is 13.1 Å². The first-order valence-corrected chi connectivity index (χ1v) is 11.3. The Morgan fingerprint density at radius 2 is 2.03 bits per heavy atom. The van der Waals surface area contributed by atoms with Crippen molar-refractivity contribution in [3.8, 4) is 11.1 Å². The lowest BCUT2D eigenvalue weighted by Gasteiger charge is -2.27. The molecule has 1 fully saturated rings. The summed E-state index contributed by atoms with van der Waals surface area (Å²) in [6.45, 7) is 2.69. The van der Waals surface area contributed by atoms with E-state index in [1.807, 2.05) is 18.7 Å². The van der Waals surface area contributed by atoms with Crippen molar-refractivity contribution in [2.24, 2.45) is 0 Å². The average Bonchev–Trinajstić information content (AvgIpc) is 3.49. The van der Waals surface area contributed by atoms with Gasteiger partial charge in [0.15, 0.2) is 0 Å². The van der Waals surface area contributed by atoms with Gasteiger partial charge in [0.25, 0.3) is 0 Å². The molecule has 5 rings (SSSR count). The highest BCUT2D eigenvalue weighted by atomic mass is 32.1. The molecule has 0 aliphatic carbocycles. The lowest BCUT2D eigenvalue weighted by Crippen LogP contribution is -2.34. The second-order valence-corrected chi connectivity index (χ2v) is 9.00. The van der Waals surface area contributed by atoms with Crippen LogP contribution in [0.5, 0.6) is 0 Å². The molecule has 6 nitrogen and oxygen atoms in total. The fourth-order valence-corrected chi connectivity index (χ4v) is 5.26. The van der Waals surface area contributed by atoms with Crippen molar-refractivity contribution >= 4 is 27.4 Å². The largest absolute Gasteiger partial charge is 0.351 e. The average molecular weight is 419 g/mol. The van der Waals surface area contributed by atoms with Crippen molar-refractivity contribution in [3.05, 3.63) is 60.3 Å². The van der Waals surface area contributed by atoms with Crippen molar-refractivity contribution in [2.75, 3.05) is 25.5 Å². The predicted molar refractivity (Wildman–Crippen MR) is 123 cm³/mol. The van der Waals surface area contributed by atoms with Crippen LogP contribution in [0.2, 0.25) is 0 Å². The van der Waals surface area contributed by atoms with Gasteiger partial charge in [-0.05, 0) is 32.5 Å². The second kappa shape index (κ2) is 8.16. The molecule has 4 heterocycles. The third-order valence-corrected chi connectivity index (χ3v) is 6.51. The van der Waals surface area contributed by atoms with Gasteiger partial charge in [0.1, 0.15) is 16.5 Å². The Kier molecular flexibility index (Phi) is 5.23. The van der Waals surface area contributed by atoms with Crippen molar-refractivity contribution in [3.63, 3.8) is 0 Å². The third kappa shape index (κ3) is 3.70. The van der Waals surface area contributed by atoms with Crippen LogP contribution in [0, 0.1) is 0 Å². The topological polar surface area (TPSA) is 50.1 Å². The van der Waals surface area contributed by atoms with Gasteiger partial charge in [-0.2, -0.15) is 0 Å². The van der Waals surface area contributed by atoms with Gasteiger partial charge in [-0.1, -0.05) is 30.3 Å². The summed E-state index contributed by atoms with van der Waals surface area (Å²) in [4.78, 5) is 20.0. The summed E-state index contributed by atoms with van der Waals surface area (Å²) in [5.74, 6) is 1.97. The van der Waals surface area contributed by atoms with Gasteiger partial charge < -0.3 is 14.4 Å². The van der Waals surface area contributed by atoms with E-state index in [0.717, 1.165) is 42.5 Å². The molecule has 0 amide bonds. The van der Waals surface area contributed by atoms with E-state index in [-0.39, 0.29) is 0 Å². The number of hydrogen-bond donors (Lipinski definition) is 0. The molecular formula is C23H26N6S. The van der Waals surface area contributed by atoms with E-state index in [2.05, 4.69) is 69.2 Å². The van der Waals surface area contributed by atoms with E-state index in [1.165, 1.54) is 22.9 Å². The smallest absolute Gasteiger partial charge is 0.146 e. The number of rotatable bonds is 6. The van der Waals surface area contributed by atoms with Crippen molar-refractivity contribution in [1.29, 1.82) is 0 Å². The number of thiophene rings is 1. The van der Waals surface area contributed by atoms with Crippen molar-refractivity contribution in [2.45, 2.75) is 32.0 Å². The van der Waals surface area contributed by atoms with E-state index >= 15 is 0 Å². The van der Waals surface area contributed by atoms with Crippen LogP contribution in [0.25, 0.3) is 21.3 Å². The molecule has 0 saturated carbocycles. The van der Waals surface area contributed by atoms with E-state index in [9.17, 15) is 0 Å². The SMILES string of the molecule is CN(C)Cc1nc(N2CCCC2Cn2ccnc2)c2c(-c3ccccc3)csc2n1. The van der Waals surface area contributed by atoms with Crippen molar-refractivity contribution in [1.82, 2.24) is 24.4 Å². The molecular weight excluding hydrogens is 392 g/mol. The number of benzene rings is 1. The predicted octanol–water partition coefficient (Wildman–Crippen LogP) is 4.29. The molecule has 0 radical (unpaired) electrons. The maximum absolute atomic E-state index is 5.12. The van der Waals surface area contributed by atoms with Gasteiger partial charge in [-0.25, -0.2) is 15.0 Å².